The Balaban J connectivity index is 2.11. The molecule has 1 aromatic rings. The van der Waals surface area contributed by atoms with Gasteiger partial charge in [-0.15, -0.1) is 0 Å². The molecule has 0 atom stereocenters. The van der Waals surface area contributed by atoms with Crippen molar-refractivity contribution in [2.75, 3.05) is 20.2 Å². The number of nitriles is 1. The van der Waals surface area contributed by atoms with Gasteiger partial charge in [0.05, 0.1) is 18.7 Å². The molecule has 1 aliphatic rings. The number of methoxy groups -OCH3 is 1. The van der Waals surface area contributed by atoms with E-state index in [4.69, 9.17) is 14.7 Å². The third kappa shape index (κ3) is 2.89. The van der Waals surface area contributed by atoms with Crippen LogP contribution in [-0.4, -0.2) is 26.3 Å². The second-order valence-electron chi connectivity index (χ2n) is 4.04. The first-order valence-electron chi connectivity index (χ1n) is 5.79. The number of hydrogen-bond donors (Lipinski definition) is 1. The van der Waals surface area contributed by atoms with Gasteiger partial charge in [0.15, 0.2) is 11.5 Å². The molecule has 4 nitrogen and oxygen atoms in total. The zero-order valence-electron chi connectivity index (χ0n) is 9.90. The van der Waals surface area contributed by atoms with Crippen LogP contribution in [0.4, 0.5) is 0 Å². The molecule has 0 aromatic heterocycles. The molecular formula is C13H16N2O2. The molecule has 0 aliphatic carbocycles. The summed E-state index contributed by atoms with van der Waals surface area (Å²) in [5.74, 6) is 1.35. The second-order valence-corrected chi connectivity index (χ2v) is 4.04. The predicted octanol–water partition coefficient (Wildman–Crippen LogP) is 1.70. The number of nitrogens with one attached hydrogen (secondary N) is 1. The first-order valence-corrected chi connectivity index (χ1v) is 5.79. The van der Waals surface area contributed by atoms with E-state index >= 15 is 0 Å². The van der Waals surface area contributed by atoms with Gasteiger partial charge in [-0.1, -0.05) is 0 Å². The Morgan fingerprint density at radius 3 is 2.71 bits per heavy atom. The van der Waals surface area contributed by atoms with Crippen LogP contribution in [-0.2, 0) is 0 Å². The third-order valence-corrected chi connectivity index (χ3v) is 2.87. The highest BCUT2D eigenvalue weighted by Crippen LogP contribution is 2.29. The maximum atomic E-state index is 8.82. The summed E-state index contributed by atoms with van der Waals surface area (Å²) in [5.41, 5.74) is 0.583. The molecule has 90 valence electrons. The molecule has 4 heteroatoms. The van der Waals surface area contributed by atoms with E-state index in [1.54, 1.807) is 25.3 Å². The van der Waals surface area contributed by atoms with Crippen molar-refractivity contribution in [2.24, 2.45) is 0 Å². The first kappa shape index (κ1) is 11.7. The molecule has 1 aliphatic heterocycles. The van der Waals surface area contributed by atoms with Gasteiger partial charge in [0.2, 0.25) is 0 Å². The van der Waals surface area contributed by atoms with E-state index in [0.29, 0.717) is 11.3 Å². The highest BCUT2D eigenvalue weighted by Gasteiger charge is 2.16. The van der Waals surface area contributed by atoms with Crippen LogP contribution < -0.4 is 14.8 Å². The number of rotatable bonds is 3. The lowest BCUT2D eigenvalue weighted by molar-refractivity contribution is 0.156. The number of piperidine rings is 1. The quantitative estimate of drug-likeness (QED) is 0.861. The minimum Gasteiger partial charge on any atom is -0.493 e. The molecule has 1 N–H and O–H groups in total. The van der Waals surface area contributed by atoms with E-state index in [1.807, 2.05) is 0 Å². The van der Waals surface area contributed by atoms with E-state index in [2.05, 4.69) is 11.4 Å². The van der Waals surface area contributed by atoms with Gasteiger partial charge in [-0.2, -0.15) is 5.26 Å². The Morgan fingerprint density at radius 1 is 1.29 bits per heavy atom. The molecule has 0 bridgehead atoms. The van der Waals surface area contributed by atoms with E-state index in [1.165, 1.54) is 0 Å². The van der Waals surface area contributed by atoms with Crippen molar-refractivity contribution in [3.8, 4) is 17.6 Å². The third-order valence-electron chi connectivity index (χ3n) is 2.87. The van der Waals surface area contributed by atoms with Gasteiger partial charge >= 0.3 is 0 Å². The van der Waals surface area contributed by atoms with Gasteiger partial charge in [0, 0.05) is 6.07 Å². The highest BCUT2D eigenvalue weighted by molar-refractivity contribution is 5.46. The van der Waals surface area contributed by atoms with Crippen molar-refractivity contribution in [3.63, 3.8) is 0 Å². The molecule has 1 aromatic carbocycles. The Hall–Kier alpha value is -1.73. The zero-order valence-corrected chi connectivity index (χ0v) is 9.90. The normalized spacial score (nSPS) is 16.2. The molecular weight excluding hydrogens is 216 g/mol. The van der Waals surface area contributed by atoms with Crippen molar-refractivity contribution in [1.29, 1.82) is 5.26 Å². The predicted molar refractivity (Wildman–Crippen MR) is 64.2 cm³/mol. The topological polar surface area (TPSA) is 54.3 Å². The fourth-order valence-electron chi connectivity index (χ4n) is 1.93. The largest absolute Gasteiger partial charge is 0.493 e. The maximum absolute atomic E-state index is 8.82. The Morgan fingerprint density at radius 2 is 2.06 bits per heavy atom. The summed E-state index contributed by atoms with van der Waals surface area (Å²) in [6.07, 6.45) is 2.24. The van der Waals surface area contributed by atoms with Crippen LogP contribution in [0.3, 0.4) is 0 Å². The molecule has 0 amide bonds. The van der Waals surface area contributed by atoms with Gasteiger partial charge in [-0.05, 0) is 38.1 Å². The molecule has 1 fully saturated rings. The first-order chi connectivity index (χ1) is 8.33. The van der Waals surface area contributed by atoms with Gasteiger partial charge in [0.25, 0.3) is 0 Å². The van der Waals surface area contributed by atoms with Gasteiger partial charge in [-0.25, -0.2) is 0 Å². The summed E-state index contributed by atoms with van der Waals surface area (Å²) in [4.78, 5) is 0. The summed E-state index contributed by atoms with van der Waals surface area (Å²) < 4.78 is 11.1. The molecule has 0 unspecified atom stereocenters. The molecule has 17 heavy (non-hydrogen) atoms. The number of hydrogen-bond acceptors (Lipinski definition) is 4. The highest BCUT2D eigenvalue weighted by atomic mass is 16.5. The summed E-state index contributed by atoms with van der Waals surface area (Å²) in [5, 5.41) is 12.1. The van der Waals surface area contributed by atoms with E-state index in [0.717, 1.165) is 31.7 Å². The Bertz CT molecular complexity index is 420. The summed E-state index contributed by atoms with van der Waals surface area (Å²) >= 11 is 0. The molecule has 1 heterocycles. The minimum atomic E-state index is 0.234. The standard InChI is InChI=1S/C13H16N2O2/c1-16-13-8-10(9-14)2-3-12(13)17-11-4-6-15-7-5-11/h2-3,8,11,15H,4-7H2,1H3. The average Bonchev–Trinajstić information content (AvgIpc) is 2.40. The fraction of sp³-hybridized carbons (Fsp3) is 0.462. The maximum Gasteiger partial charge on any atom is 0.162 e. The van der Waals surface area contributed by atoms with Crippen LogP contribution in [0.25, 0.3) is 0 Å². The number of nitrogens with zero attached hydrogens (tertiary/aromatic N) is 1. The molecule has 0 radical (unpaired) electrons. The van der Waals surface area contributed by atoms with Crippen molar-refractivity contribution in [1.82, 2.24) is 5.32 Å². The lowest BCUT2D eigenvalue weighted by Crippen LogP contribution is -2.34. The minimum absolute atomic E-state index is 0.234. The number of ether oxygens (including phenoxy) is 2. The van der Waals surface area contributed by atoms with Gasteiger partial charge in [0.1, 0.15) is 6.10 Å². The number of benzene rings is 1. The zero-order chi connectivity index (χ0) is 12.1. The van der Waals surface area contributed by atoms with Crippen molar-refractivity contribution >= 4 is 0 Å². The van der Waals surface area contributed by atoms with Crippen molar-refractivity contribution in [3.05, 3.63) is 23.8 Å². The Kier molecular flexibility index (Phi) is 3.84. The lowest BCUT2D eigenvalue weighted by atomic mass is 10.1. The lowest BCUT2D eigenvalue weighted by Gasteiger charge is -2.24. The van der Waals surface area contributed by atoms with Crippen molar-refractivity contribution in [2.45, 2.75) is 18.9 Å². The SMILES string of the molecule is COc1cc(C#N)ccc1OC1CCNCC1. The van der Waals surface area contributed by atoms with Crippen LogP contribution in [0.2, 0.25) is 0 Å². The van der Waals surface area contributed by atoms with Crippen LogP contribution in [0.15, 0.2) is 18.2 Å². The molecule has 0 saturated carbocycles. The summed E-state index contributed by atoms with van der Waals surface area (Å²) in [6.45, 7) is 1.98. The molecule has 1 saturated heterocycles. The fourth-order valence-corrected chi connectivity index (χ4v) is 1.93. The summed E-state index contributed by atoms with van der Waals surface area (Å²) in [7, 11) is 1.59. The second kappa shape index (κ2) is 5.55. The van der Waals surface area contributed by atoms with E-state index in [-0.39, 0.29) is 6.10 Å². The average molecular weight is 232 g/mol. The van der Waals surface area contributed by atoms with Crippen molar-refractivity contribution < 1.29 is 9.47 Å². The van der Waals surface area contributed by atoms with Crippen LogP contribution >= 0.6 is 0 Å². The monoisotopic (exact) mass is 232 g/mol. The van der Waals surface area contributed by atoms with E-state index < -0.39 is 0 Å². The molecule has 0 spiro atoms. The summed E-state index contributed by atoms with van der Waals surface area (Å²) in [6, 6.07) is 7.35. The van der Waals surface area contributed by atoms with Crippen LogP contribution in [0.5, 0.6) is 11.5 Å². The molecule has 2 rings (SSSR count). The van der Waals surface area contributed by atoms with Crippen LogP contribution in [0.1, 0.15) is 18.4 Å². The van der Waals surface area contributed by atoms with Gasteiger partial charge < -0.3 is 14.8 Å². The van der Waals surface area contributed by atoms with Gasteiger partial charge in [-0.3, -0.25) is 0 Å². The Labute approximate surface area is 101 Å². The smallest absolute Gasteiger partial charge is 0.162 e. The van der Waals surface area contributed by atoms with Crippen LogP contribution in [0, 0.1) is 11.3 Å². The van der Waals surface area contributed by atoms with E-state index in [9.17, 15) is 0 Å².